The van der Waals surface area contributed by atoms with Crippen molar-refractivity contribution >= 4 is 16.1 Å². The summed E-state index contributed by atoms with van der Waals surface area (Å²) in [4.78, 5) is 12.4. The highest BCUT2D eigenvalue weighted by Gasteiger charge is 2.79. The Balaban J connectivity index is 1.34. The standard InChI is InChI=1S/C15H19F3O5S/c16-11(15(17,18)24(20,21)22)1-2-23-12(19)13-5-9-3-8-4-10(6-13)14(8,9)7-13/h8-11H,1-7H2,(H,20,21,22). The number of carbonyl (C=O) groups is 1. The zero-order valence-corrected chi connectivity index (χ0v) is 13.7. The molecule has 136 valence electrons. The molecular weight excluding hydrogens is 349 g/mol. The fourth-order valence-corrected chi connectivity index (χ4v) is 6.49. The first-order valence-corrected chi connectivity index (χ1v) is 9.63. The molecule has 0 heterocycles. The van der Waals surface area contributed by atoms with E-state index < -0.39 is 46.0 Å². The third kappa shape index (κ3) is 1.85. The van der Waals surface area contributed by atoms with Gasteiger partial charge in [-0.25, -0.2) is 4.39 Å². The van der Waals surface area contributed by atoms with Gasteiger partial charge in [0.2, 0.25) is 0 Å². The van der Waals surface area contributed by atoms with Crippen molar-refractivity contribution in [2.45, 2.75) is 50.0 Å². The molecule has 0 amide bonds. The van der Waals surface area contributed by atoms with Crippen LogP contribution in [0.4, 0.5) is 13.2 Å². The third-order valence-electron chi connectivity index (χ3n) is 7.08. The average Bonchev–Trinajstić information content (AvgIpc) is 2.93. The number of halogens is 3. The van der Waals surface area contributed by atoms with Gasteiger partial charge in [-0.05, 0) is 55.3 Å². The number of fused-ring (bicyclic) bond motifs is 1. The molecule has 5 nitrogen and oxygen atoms in total. The lowest BCUT2D eigenvalue weighted by atomic mass is 9.38. The fraction of sp³-hybridized carbons (Fsp3) is 0.933. The minimum Gasteiger partial charge on any atom is -0.465 e. The predicted octanol–water partition coefficient (Wildman–Crippen LogP) is 2.56. The second-order valence-electron chi connectivity index (χ2n) is 7.97. The van der Waals surface area contributed by atoms with E-state index in [0.29, 0.717) is 23.2 Å². The summed E-state index contributed by atoms with van der Waals surface area (Å²) in [6.45, 7) is -0.626. The van der Waals surface area contributed by atoms with E-state index >= 15 is 0 Å². The maximum absolute atomic E-state index is 13.4. The Morgan fingerprint density at radius 2 is 1.83 bits per heavy atom. The fourth-order valence-electron chi connectivity index (χ4n) is 6.05. The van der Waals surface area contributed by atoms with Gasteiger partial charge >= 0.3 is 21.3 Å². The number of alkyl halides is 3. The van der Waals surface area contributed by atoms with Crippen LogP contribution in [0.5, 0.6) is 0 Å². The zero-order valence-electron chi connectivity index (χ0n) is 12.9. The Kier molecular flexibility index (Phi) is 3.23. The van der Waals surface area contributed by atoms with E-state index in [2.05, 4.69) is 0 Å². The Bertz CT molecular complexity index is 675. The zero-order chi connectivity index (χ0) is 17.5. The highest BCUT2D eigenvalue weighted by Crippen LogP contribution is 2.84. The molecule has 3 unspecified atom stereocenters. The molecule has 0 aliphatic heterocycles. The van der Waals surface area contributed by atoms with Crippen molar-refractivity contribution in [3.63, 3.8) is 0 Å². The van der Waals surface area contributed by atoms with Crippen LogP contribution in [-0.2, 0) is 19.6 Å². The Morgan fingerprint density at radius 1 is 1.25 bits per heavy atom. The summed E-state index contributed by atoms with van der Waals surface area (Å²) < 4.78 is 74.0. The molecule has 4 aliphatic carbocycles. The van der Waals surface area contributed by atoms with E-state index in [1.807, 2.05) is 0 Å². The Morgan fingerprint density at radius 3 is 2.29 bits per heavy atom. The Hall–Kier alpha value is -0.830. The van der Waals surface area contributed by atoms with Gasteiger partial charge in [0.25, 0.3) is 0 Å². The lowest BCUT2D eigenvalue weighted by Gasteiger charge is -2.66. The van der Waals surface area contributed by atoms with Crippen LogP contribution >= 0.6 is 0 Å². The summed E-state index contributed by atoms with van der Waals surface area (Å²) in [5.74, 6) is 1.36. The molecule has 4 saturated carbocycles. The van der Waals surface area contributed by atoms with Gasteiger partial charge < -0.3 is 4.74 Å². The first-order valence-electron chi connectivity index (χ1n) is 8.19. The van der Waals surface area contributed by atoms with Gasteiger partial charge in [0.1, 0.15) is 0 Å². The summed E-state index contributed by atoms with van der Waals surface area (Å²) in [6, 6.07) is 0. The van der Waals surface area contributed by atoms with Crippen LogP contribution in [0.1, 0.15) is 38.5 Å². The van der Waals surface area contributed by atoms with Crippen LogP contribution < -0.4 is 0 Å². The molecule has 4 aliphatic rings. The van der Waals surface area contributed by atoms with E-state index in [9.17, 15) is 26.4 Å². The highest BCUT2D eigenvalue weighted by molar-refractivity contribution is 7.86. The third-order valence-corrected chi connectivity index (χ3v) is 8.03. The SMILES string of the molecule is O=C(OCCC(F)C(F)(F)S(=O)(=O)O)C12CC3CC4CC(C1)C43C2. The first kappa shape index (κ1) is 16.6. The normalized spacial score (nSPS) is 43.6. The highest BCUT2D eigenvalue weighted by atomic mass is 32.2. The van der Waals surface area contributed by atoms with Crippen LogP contribution in [0, 0.1) is 28.6 Å². The molecule has 1 N–H and O–H groups in total. The van der Waals surface area contributed by atoms with Gasteiger partial charge in [0.15, 0.2) is 6.17 Å². The van der Waals surface area contributed by atoms with Gasteiger partial charge in [-0.3, -0.25) is 9.35 Å². The minimum absolute atomic E-state index is 0.305. The predicted molar refractivity (Wildman–Crippen MR) is 75.4 cm³/mol. The van der Waals surface area contributed by atoms with Crippen LogP contribution in [0.25, 0.3) is 0 Å². The van der Waals surface area contributed by atoms with Gasteiger partial charge in [-0.2, -0.15) is 17.2 Å². The largest absolute Gasteiger partial charge is 0.465 e. The van der Waals surface area contributed by atoms with E-state index in [0.717, 1.165) is 32.1 Å². The first-order chi connectivity index (χ1) is 11.0. The Labute approximate surface area is 137 Å². The van der Waals surface area contributed by atoms with Crippen molar-refractivity contribution < 1.29 is 35.7 Å². The monoisotopic (exact) mass is 368 g/mol. The topological polar surface area (TPSA) is 80.7 Å². The molecule has 0 aromatic carbocycles. The molecule has 4 rings (SSSR count). The van der Waals surface area contributed by atoms with E-state index in [-0.39, 0.29) is 0 Å². The number of carbonyl (C=O) groups excluding carboxylic acids is 1. The van der Waals surface area contributed by atoms with Crippen molar-refractivity contribution in [3.05, 3.63) is 0 Å². The van der Waals surface area contributed by atoms with Gasteiger partial charge in [-0.1, -0.05) is 0 Å². The number of ether oxygens (including phenoxy) is 1. The van der Waals surface area contributed by atoms with Crippen molar-refractivity contribution in [2.24, 2.45) is 28.6 Å². The summed E-state index contributed by atoms with van der Waals surface area (Å²) in [7, 11) is -5.84. The molecule has 0 aromatic heterocycles. The van der Waals surface area contributed by atoms with Gasteiger partial charge in [0.05, 0.1) is 12.0 Å². The number of hydrogen-bond acceptors (Lipinski definition) is 4. The molecule has 9 heteroatoms. The number of hydrogen-bond donors (Lipinski definition) is 1. The molecular formula is C15H19F3O5S. The molecule has 3 atom stereocenters. The van der Waals surface area contributed by atoms with E-state index in [1.54, 1.807) is 0 Å². The smallest absolute Gasteiger partial charge is 0.400 e. The maximum Gasteiger partial charge on any atom is 0.400 e. The van der Waals surface area contributed by atoms with Gasteiger partial charge in [-0.15, -0.1) is 0 Å². The van der Waals surface area contributed by atoms with E-state index in [4.69, 9.17) is 9.29 Å². The van der Waals surface area contributed by atoms with Gasteiger partial charge in [0, 0.05) is 6.42 Å². The molecule has 2 bridgehead atoms. The van der Waals surface area contributed by atoms with Crippen molar-refractivity contribution in [3.8, 4) is 0 Å². The second-order valence-corrected chi connectivity index (χ2v) is 9.46. The second kappa shape index (κ2) is 4.66. The van der Waals surface area contributed by atoms with E-state index in [1.165, 1.54) is 0 Å². The maximum atomic E-state index is 13.4. The van der Waals surface area contributed by atoms with Crippen molar-refractivity contribution in [1.29, 1.82) is 0 Å². The lowest BCUT2D eigenvalue weighted by molar-refractivity contribution is -0.181. The minimum atomic E-state index is -5.84. The van der Waals surface area contributed by atoms with Crippen molar-refractivity contribution in [1.82, 2.24) is 0 Å². The van der Waals surface area contributed by atoms with Crippen LogP contribution in [0.2, 0.25) is 0 Å². The molecule has 1 spiro atoms. The summed E-state index contributed by atoms with van der Waals surface area (Å²) >= 11 is 0. The van der Waals surface area contributed by atoms with Crippen LogP contribution in [0.15, 0.2) is 0 Å². The lowest BCUT2D eigenvalue weighted by Crippen LogP contribution is -2.59. The summed E-state index contributed by atoms with van der Waals surface area (Å²) in [6.07, 6.45) is 0.518. The van der Waals surface area contributed by atoms with Crippen LogP contribution in [-0.4, -0.2) is 37.0 Å². The molecule has 0 aromatic rings. The molecule has 4 fully saturated rings. The quantitative estimate of drug-likeness (QED) is 0.576. The summed E-state index contributed by atoms with van der Waals surface area (Å²) in [5, 5.41) is -4.90. The number of rotatable bonds is 6. The number of esters is 1. The van der Waals surface area contributed by atoms with Crippen molar-refractivity contribution in [2.75, 3.05) is 6.61 Å². The molecule has 0 saturated heterocycles. The average molecular weight is 368 g/mol. The molecule has 0 radical (unpaired) electrons. The molecule has 24 heavy (non-hydrogen) atoms. The summed E-state index contributed by atoms with van der Waals surface area (Å²) in [5.41, 5.74) is -0.252. The van der Waals surface area contributed by atoms with Crippen LogP contribution in [0.3, 0.4) is 0 Å².